The smallest absolute Gasteiger partial charge is 0.256 e. The van der Waals surface area contributed by atoms with Gasteiger partial charge >= 0.3 is 0 Å². The monoisotopic (exact) mass is 359 g/mol. The number of amides is 1. The van der Waals surface area contributed by atoms with E-state index >= 15 is 0 Å². The van der Waals surface area contributed by atoms with Crippen molar-refractivity contribution in [3.63, 3.8) is 0 Å². The Morgan fingerprint density at radius 3 is 2.67 bits per heavy atom. The molecule has 0 atom stereocenters. The minimum absolute atomic E-state index is 0.242. The van der Waals surface area contributed by atoms with Crippen molar-refractivity contribution < 1.29 is 9.21 Å². The van der Waals surface area contributed by atoms with Crippen LogP contribution in [-0.4, -0.2) is 25.7 Å². The van der Waals surface area contributed by atoms with Gasteiger partial charge in [0.05, 0.1) is 6.26 Å². The van der Waals surface area contributed by atoms with Gasteiger partial charge < -0.3 is 9.73 Å². The minimum atomic E-state index is -0.242. The molecule has 0 aliphatic carbocycles. The summed E-state index contributed by atoms with van der Waals surface area (Å²) in [6.07, 6.45) is 4.97. The lowest BCUT2D eigenvalue weighted by Gasteiger charge is -2.09. The van der Waals surface area contributed by atoms with Gasteiger partial charge in [-0.1, -0.05) is 6.07 Å². The molecule has 0 bridgehead atoms. The molecule has 3 aromatic heterocycles. The van der Waals surface area contributed by atoms with E-state index in [4.69, 9.17) is 4.42 Å². The van der Waals surface area contributed by atoms with Crippen molar-refractivity contribution in [1.29, 1.82) is 0 Å². The maximum absolute atomic E-state index is 12.7. The van der Waals surface area contributed by atoms with Gasteiger partial charge in [-0.15, -0.1) is 0 Å². The Bertz CT molecular complexity index is 1030. The normalized spacial score (nSPS) is 10.7. The maximum Gasteiger partial charge on any atom is 0.256 e. The zero-order chi connectivity index (χ0) is 18.8. The van der Waals surface area contributed by atoms with E-state index < -0.39 is 0 Å². The molecule has 134 valence electrons. The average molecular weight is 359 g/mol. The van der Waals surface area contributed by atoms with E-state index in [2.05, 4.69) is 20.4 Å². The molecule has 3 heterocycles. The number of aryl methyl sites for hydroxylation is 2. The third-order valence-corrected chi connectivity index (χ3v) is 4.20. The molecule has 0 fully saturated rings. The standard InChI is InChI=1S/C20H17N5O2/c1-13-6-7-15(11-14(13)2)20(26)23-17-12-18(25-9-4-8-21-25)24-19(22-17)16-5-3-10-27-16/h3-12H,1-2H3,(H,22,23,24,26). The molecule has 4 rings (SSSR count). The number of furan rings is 1. The van der Waals surface area contributed by atoms with E-state index in [0.717, 1.165) is 11.1 Å². The first-order valence-electron chi connectivity index (χ1n) is 8.42. The second-order valence-electron chi connectivity index (χ2n) is 6.12. The summed E-state index contributed by atoms with van der Waals surface area (Å²) in [6.45, 7) is 3.98. The second-order valence-corrected chi connectivity index (χ2v) is 6.12. The van der Waals surface area contributed by atoms with Crippen LogP contribution < -0.4 is 5.32 Å². The highest BCUT2D eigenvalue weighted by molar-refractivity contribution is 6.04. The number of hydrogen-bond acceptors (Lipinski definition) is 5. The van der Waals surface area contributed by atoms with Crippen LogP contribution in [0.1, 0.15) is 21.5 Å². The summed E-state index contributed by atoms with van der Waals surface area (Å²) >= 11 is 0. The molecule has 27 heavy (non-hydrogen) atoms. The van der Waals surface area contributed by atoms with Crippen molar-refractivity contribution in [1.82, 2.24) is 19.7 Å². The Balaban J connectivity index is 1.71. The van der Waals surface area contributed by atoms with E-state index in [1.165, 1.54) is 0 Å². The number of nitrogens with zero attached hydrogens (tertiary/aromatic N) is 4. The fourth-order valence-electron chi connectivity index (χ4n) is 2.61. The van der Waals surface area contributed by atoms with Crippen LogP contribution in [0.3, 0.4) is 0 Å². The van der Waals surface area contributed by atoms with Crippen molar-refractivity contribution in [3.8, 4) is 17.4 Å². The van der Waals surface area contributed by atoms with Crippen molar-refractivity contribution in [3.05, 3.63) is 77.8 Å². The fourth-order valence-corrected chi connectivity index (χ4v) is 2.61. The van der Waals surface area contributed by atoms with Crippen LogP contribution in [-0.2, 0) is 0 Å². The summed E-state index contributed by atoms with van der Waals surface area (Å²) in [4.78, 5) is 21.5. The van der Waals surface area contributed by atoms with Crippen molar-refractivity contribution in [2.24, 2.45) is 0 Å². The molecule has 1 N–H and O–H groups in total. The number of hydrogen-bond donors (Lipinski definition) is 1. The Hall–Kier alpha value is -3.74. The van der Waals surface area contributed by atoms with Crippen LogP contribution in [0.4, 0.5) is 5.82 Å². The van der Waals surface area contributed by atoms with Crippen LogP contribution in [0, 0.1) is 13.8 Å². The lowest BCUT2D eigenvalue weighted by atomic mass is 10.1. The van der Waals surface area contributed by atoms with Gasteiger partial charge in [0.15, 0.2) is 17.4 Å². The predicted octanol–water partition coefficient (Wildman–Crippen LogP) is 3.79. The summed E-state index contributed by atoms with van der Waals surface area (Å²) in [7, 11) is 0. The van der Waals surface area contributed by atoms with Crippen molar-refractivity contribution >= 4 is 11.7 Å². The molecule has 7 nitrogen and oxygen atoms in total. The van der Waals surface area contributed by atoms with Crippen LogP contribution in [0.5, 0.6) is 0 Å². The topological polar surface area (TPSA) is 85.8 Å². The molecule has 4 aromatic rings. The Morgan fingerprint density at radius 2 is 1.96 bits per heavy atom. The molecule has 0 unspecified atom stereocenters. The Kier molecular flexibility index (Phi) is 4.25. The molecular formula is C20H17N5O2. The molecule has 0 radical (unpaired) electrons. The SMILES string of the molecule is Cc1ccc(C(=O)Nc2cc(-n3cccn3)nc(-c3ccco3)n2)cc1C. The van der Waals surface area contributed by atoms with E-state index in [9.17, 15) is 4.79 Å². The quantitative estimate of drug-likeness (QED) is 0.599. The molecule has 0 aliphatic rings. The molecular weight excluding hydrogens is 342 g/mol. The summed E-state index contributed by atoms with van der Waals surface area (Å²) in [6, 6.07) is 12.5. The number of carbonyl (C=O) groups excluding carboxylic acids is 1. The van der Waals surface area contributed by atoms with Gasteiger partial charge in [0.2, 0.25) is 0 Å². The predicted molar refractivity (Wildman–Crippen MR) is 101 cm³/mol. The zero-order valence-electron chi connectivity index (χ0n) is 14.9. The first-order valence-corrected chi connectivity index (χ1v) is 8.42. The van der Waals surface area contributed by atoms with E-state index in [1.807, 2.05) is 26.0 Å². The lowest BCUT2D eigenvalue weighted by Crippen LogP contribution is -2.14. The molecule has 0 aliphatic heterocycles. The van der Waals surface area contributed by atoms with Gasteiger partial charge in [-0.3, -0.25) is 4.79 Å². The average Bonchev–Trinajstić information content (AvgIpc) is 3.37. The maximum atomic E-state index is 12.7. The van der Waals surface area contributed by atoms with Crippen molar-refractivity contribution in [2.75, 3.05) is 5.32 Å². The zero-order valence-corrected chi connectivity index (χ0v) is 14.9. The number of benzene rings is 1. The van der Waals surface area contributed by atoms with Crippen LogP contribution >= 0.6 is 0 Å². The fraction of sp³-hybridized carbons (Fsp3) is 0.100. The van der Waals surface area contributed by atoms with E-state index in [0.29, 0.717) is 28.8 Å². The van der Waals surface area contributed by atoms with Crippen LogP contribution in [0.15, 0.2) is 65.5 Å². The van der Waals surface area contributed by atoms with Crippen LogP contribution in [0.2, 0.25) is 0 Å². The molecule has 7 heteroatoms. The first kappa shape index (κ1) is 16.7. The third kappa shape index (κ3) is 3.48. The first-order chi connectivity index (χ1) is 13.1. The van der Waals surface area contributed by atoms with Gasteiger partial charge in [-0.05, 0) is 55.3 Å². The van der Waals surface area contributed by atoms with E-state index in [-0.39, 0.29) is 5.91 Å². The van der Waals surface area contributed by atoms with Gasteiger partial charge in [-0.25, -0.2) is 14.6 Å². The van der Waals surface area contributed by atoms with Gasteiger partial charge in [0.1, 0.15) is 5.82 Å². The Morgan fingerprint density at radius 1 is 1.07 bits per heavy atom. The summed E-state index contributed by atoms with van der Waals surface area (Å²) in [5.41, 5.74) is 2.76. The van der Waals surface area contributed by atoms with Gasteiger partial charge in [-0.2, -0.15) is 5.10 Å². The number of rotatable bonds is 4. The van der Waals surface area contributed by atoms with E-state index in [1.54, 1.807) is 53.7 Å². The minimum Gasteiger partial charge on any atom is -0.461 e. The molecule has 1 aromatic carbocycles. The van der Waals surface area contributed by atoms with Gasteiger partial charge in [0, 0.05) is 24.0 Å². The highest BCUT2D eigenvalue weighted by Gasteiger charge is 2.14. The number of anilines is 1. The third-order valence-electron chi connectivity index (χ3n) is 4.20. The van der Waals surface area contributed by atoms with Gasteiger partial charge in [0.25, 0.3) is 5.91 Å². The number of aromatic nitrogens is 4. The Labute approximate surface area is 155 Å². The summed E-state index contributed by atoms with van der Waals surface area (Å²) < 4.78 is 7.00. The molecule has 0 spiro atoms. The second kappa shape index (κ2) is 6.87. The number of nitrogens with one attached hydrogen (secondary N) is 1. The number of carbonyl (C=O) groups is 1. The van der Waals surface area contributed by atoms with Crippen molar-refractivity contribution in [2.45, 2.75) is 13.8 Å². The van der Waals surface area contributed by atoms with Crippen LogP contribution in [0.25, 0.3) is 17.4 Å². The highest BCUT2D eigenvalue weighted by atomic mass is 16.3. The summed E-state index contributed by atoms with van der Waals surface area (Å²) in [5, 5.41) is 7.03. The lowest BCUT2D eigenvalue weighted by molar-refractivity contribution is 0.102. The molecule has 0 saturated heterocycles. The summed E-state index contributed by atoms with van der Waals surface area (Å²) in [5.74, 6) is 1.52. The molecule has 0 saturated carbocycles. The largest absolute Gasteiger partial charge is 0.461 e. The molecule has 1 amide bonds. The highest BCUT2D eigenvalue weighted by Crippen LogP contribution is 2.21.